The second-order valence-corrected chi connectivity index (χ2v) is 3.73. The molecule has 0 amide bonds. The van der Waals surface area contributed by atoms with Crippen molar-refractivity contribution in [1.29, 1.82) is 0 Å². The van der Waals surface area contributed by atoms with Crippen LogP contribution in [0.5, 0.6) is 11.5 Å². The molecule has 0 atom stereocenters. The number of esters is 1. The molecule has 0 unspecified atom stereocenters. The van der Waals surface area contributed by atoms with Crippen molar-refractivity contribution in [2.75, 3.05) is 7.11 Å². The molecule has 1 aromatic rings. The van der Waals surface area contributed by atoms with Gasteiger partial charge >= 0.3 is 11.7 Å². The quantitative estimate of drug-likeness (QED) is 0.501. The molecule has 0 bridgehead atoms. The van der Waals surface area contributed by atoms with Crippen LogP contribution in [0.25, 0.3) is 0 Å². The number of nitro groups is 1. The lowest BCUT2D eigenvalue weighted by atomic mass is 10.1. The number of phenolic OH excluding ortho intramolecular Hbond substituents is 1. The van der Waals surface area contributed by atoms with Crippen LogP contribution in [-0.4, -0.2) is 29.2 Å². The molecule has 0 spiro atoms. The molecule has 0 radical (unpaired) electrons. The largest absolute Gasteiger partial charge is 0.503 e. The van der Waals surface area contributed by atoms with E-state index in [0.29, 0.717) is 0 Å². The van der Waals surface area contributed by atoms with E-state index in [0.717, 1.165) is 19.2 Å². The summed E-state index contributed by atoms with van der Waals surface area (Å²) in [5.74, 6) is -1.72. The molecular weight excluding hydrogens is 242 g/mol. The van der Waals surface area contributed by atoms with E-state index in [-0.39, 0.29) is 17.4 Å². The number of nitro benzene ring substituents is 1. The summed E-state index contributed by atoms with van der Waals surface area (Å²) in [5, 5.41) is 20.6. The molecule has 0 saturated heterocycles. The van der Waals surface area contributed by atoms with Gasteiger partial charge in [0.15, 0.2) is 5.75 Å². The molecule has 1 rings (SSSR count). The number of methoxy groups -OCH3 is 1. The van der Waals surface area contributed by atoms with Crippen LogP contribution in [0.2, 0.25) is 0 Å². The number of carbonyl (C=O) groups is 1. The van der Waals surface area contributed by atoms with E-state index in [4.69, 9.17) is 4.74 Å². The summed E-state index contributed by atoms with van der Waals surface area (Å²) in [5.41, 5.74) is -0.590. The van der Waals surface area contributed by atoms with Gasteiger partial charge in [0.25, 0.3) is 0 Å². The highest BCUT2D eigenvalue weighted by Crippen LogP contribution is 2.39. The Balaban J connectivity index is 3.39. The first-order valence-electron chi connectivity index (χ1n) is 5.13. The predicted octanol–water partition coefficient (Wildman–Crippen LogP) is 1.87. The standard InChI is InChI=1S/C11H13NO6/c1-6(2)18-10-8(12(15)16)5-4-7(9(10)13)11(14)17-3/h4-6,13H,1-3H3. The fourth-order valence-electron chi connectivity index (χ4n) is 1.33. The second kappa shape index (κ2) is 5.35. The summed E-state index contributed by atoms with van der Waals surface area (Å²) in [4.78, 5) is 21.5. The minimum Gasteiger partial charge on any atom is -0.503 e. The van der Waals surface area contributed by atoms with E-state index in [9.17, 15) is 20.0 Å². The van der Waals surface area contributed by atoms with E-state index < -0.39 is 22.3 Å². The number of ether oxygens (including phenoxy) is 2. The third-order valence-electron chi connectivity index (χ3n) is 2.07. The Morgan fingerprint density at radius 2 is 2.06 bits per heavy atom. The van der Waals surface area contributed by atoms with Crippen LogP contribution in [0.1, 0.15) is 24.2 Å². The van der Waals surface area contributed by atoms with Crippen molar-refractivity contribution in [2.24, 2.45) is 0 Å². The third-order valence-corrected chi connectivity index (χ3v) is 2.07. The van der Waals surface area contributed by atoms with Crippen molar-refractivity contribution in [3.63, 3.8) is 0 Å². The van der Waals surface area contributed by atoms with E-state index in [1.807, 2.05) is 0 Å². The van der Waals surface area contributed by atoms with E-state index in [1.54, 1.807) is 13.8 Å². The average Bonchev–Trinajstić information content (AvgIpc) is 2.29. The highest BCUT2D eigenvalue weighted by Gasteiger charge is 2.26. The van der Waals surface area contributed by atoms with Crippen LogP contribution in [0.3, 0.4) is 0 Å². The number of carbonyl (C=O) groups excluding carboxylic acids is 1. The van der Waals surface area contributed by atoms with Gasteiger partial charge in [0.2, 0.25) is 5.75 Å². The molecule has 18 heavy (non-hydrogen) atoms. The zero-order valence-corrected chi connectivity index (χ0v) is 10.2. The van der Waals surface area contributed by atoms with Crippen molar-refractivity contribution in [1.82, 2.24) is 0 Å². The summed E-state index contributed by atoms with van der Waals surface area (Å²) in [6, 6.07) is 2.20. The molecule has 0 fully saturated rings. The Morgan fingerprint density at radius 1 is 1.44 bits per heavy atom. The number of hydrogen-bond acceptors (Lipinski definition) is 6. The molecular formula is C11H13NO6. The molecule has 0 aliphatic rings. The monoisotopic (exact) mass is 255 g/mol. The first-order valence-corrected chi connectivity index (χ1v) is 5.13. The Hall–Kier alpha value is -2.31. The number of benzene rings is 1. The number of nitrogens with zero attached hydrogens (tertiary/aromatic N) is 1. The van der Waals surface area contributed by atoms with Gasteiger partial charge in [-0.1, -0.05) is 0 Å². The van der Waals surface area contributed by atoms with Crippen LogP contribution in [0, 0.1) is 10.1 Å². The van der Waals surface area contributed by atoms with Gasteiger partial charge in [-0.05, 0) is 19.9 Å². The number of aromatic hydroxyl groups is 1. The Labute approximate surface area is 103 Å². The maximum Gasteiger partial charge on any atom is 0.341 e. The van der Waals surface area contributed by atoms with Crippen molar-refractivity contribution >= 4 is 11.7 Å². The zero-order chi connectivity index (χ0) is 13.9. The Morgan fingerprint density at radius 3 is 2.50 bits per heavy atom. The molecule has 0 heterocycles. The topological polar surface area (TPSA) is 98.9 Å². The van der Waals surface area contributed by atoms with Crippen LogP contribution in [-0.2, 0) is 4.74 Å². The molecule has 0 saturated carbocycles. The lowest BCUT2D eigenvalue weighted by Crippen LogP contribution is -2.10. The number of hydrogen-bond donors (Lipinski definition) is 1. The molecule has 0 aliphatic carbocycles. The van der Waals surface area contributed by atoms with Gasteiger partial charge in [-0.15, -0.1) is 0 Å². The summed E-state index contributed by atoms with van der Waals surface area (Å²) >= 11 is 0. The van der Waals surface area contributed by atoms with Gasteiger partial charge in [-0.2, -0.15) is 0 Å². The Bertz CT molecular complexity index is 483. The fourth-order valence-corrected chi connectivity index (χ4v) is 1.33. The van der Waals surface area contributed by atoms with Crippen molar-refractivity contribution < 1.29 is 24.3 Å². The lowest BCUT2D eigenvalue weighted by molar-refractivity contribution is -0.386. The van der Waals surface area contributed by atoms with Crippen molar-refractivity contribution in [3.05, 3.63) is 27.8 Å². The number of rotatable bonds is 4. The minimum atomic E-state index is -0.795. The van der Waals surface area contributed by atoms with Gasteiger partial charge < -0.3 is 14.6 Å². The number of phenols is 1. The molecule has 0 aromatic heterocycles. The van der Waals surface area contributed by atoms with Gasteiger partial charge in [0.1, 0.15) is 5.56 Å². The van der Waals surface area contributed by atoms with Crippen LogP contribution in [0.15, 0.2) is 12.1 Å². The highest BCUT2D eigenvalue weighted by atomic mass is 16.6. The SMILES string of the molecule is COC(=O)c1ccc([N+](=O)[O-])c(OC(C)C)c1O. The van der Waals surface area contributed by atoms with E-state index in [2.05, 4.69) is 4.74 Å². The van der Waals surface area contributed by atoms with Crippen molar-refractivity contribution in [3.8, 4) is 11.5 Å². The van der Waals surface area contributed by atoms with Gasteiger partial charge in [-0.25, -0.2) is 4.79 Å². The molecule has 0 aliphatic heterocycles. The maximum absolute atomic E-state index is 11.3. The fraction of sp³-hybridized carbons (Fsp3) is 0.364. The minimum absolute atomic E-state index is 0.182. The van der Waals surface area contributed by atoms with E-state index in [1.165, 1.54) is 0 Å². The molecule has 7 heteroatoms. The maximum atomic E-state index is 11.3. The molecule has 7 nitrogen and oxygen atoms in total. The summed E-state index contributed by atoms with van der Waals surface area (Å²) in [6.45, 7) is 3.29. The second-order valence-electron chi connectivity index (χ2n) is 3.73. The molecule has 1 N–H and O–H groups in total. The van der Waals surface area contributed by atoms with E-state index >= 15 is 0 Å². The summed E-state index contributed by atoms with van der Waals surface area (Å²) < 4.78 is 9.63. The van der Waals surface area contributed by atoms with Crippen LogP contribution >= 0.6 is 0 Å². The van der Waals surface area contributed by atoms with Gasteiger partial charge in [-0.3, -0.25) is 10.1 Å². The highest BCUT2D eigenvalue weighted by molar-refractivity contribution is 5.94. The first kappa shape index (κ1) is 13.8. The molecule has 1 aromatic carbocycles. The van der Waals surface area contributed by atoms with Crippen molar-refractivity contribution in [2.45, 2.75) is 20.0 Å². The van der Waals surface area contributed by atoms with Crippen LogP contribution < -0.4 is 4.74 Å². The van der Waals surface area contributed by atoms with Crippen LogP contribution in [0.4, 0.5) is 5.69 Å². The Kier molecular flexibility index (Phi) is 4.09. The smallest absolute Gasteiger partial charge is 0.341 e. The van der Waals surface area contributed by atoms with Gasteiger partial charge in [0, 0.05) is 6.07 Å². The average molecular weight is 255 g/mol. The normalized spacial score (nSPS) is 10.2. The summed E-state index contributed by atoms with van der Waals surface area (Å²) in [6.07, 6.45) is -0.387. The zero-order valence-electron chi connectivity index (χ0n) is 10.2. The lowest BCUT2D eigenvalue weighted by Gasteiger charge is -2.13. The van der Waals surface area contributed by atoms with Gasteiger partial charge in [0.05, 0.1) is 18.1 Å². The predicted molar refractivity (Wildman–Crippen MR) is 61.9 cm³/mol. The molecule has 98 valence electrons. The summed E-state index contributed by atoms with van der Waals surface area (Å²) in [7, 11) is 1.15. The third kappa shape index (κ3) is 2.68. The first-order chi connectivity index (χ1) is 8.38.